The van der Waals surface area contributed by atoms with Crippen LogP contribution in [0.4, 0.5) is 8.78 Å². The molecule has 130 valence electrons. The maximum absolute atomic E-state index is 13.4. The van der Waals surface area contributed by atoms with Crippen LogP contribution < -0.4 is 16.0 Å². The average Bonchev–Trinajstić information content (AvgIpc) is 2.48. The Hall–Kier alpha value is -1.73. The molecule has 0 aliphatic carbocycles. The van der Waals surface area contributed by atoms with E-state index in [0.29, 0.717) is 25.6 Å². The number of nitrogens with one attached hydrogen (secondary N) is 3. The second kappa shape index (κ2) is 11.8. The van der Waals surface area contributed by atoms with Gasteiger partial charge in [0.1, 0.15) is 11.6 Å². The molecule has 0 atom stereocenters. The van der Waals surface area contributed by atoms with Crippen molar-refractivity contribution < 1.29 is 18.4 Å². The first-order chi connectivity index (χ1) is 10.5. The lowest BCUT2D eigenvalue weighted by Crippen LogP contribution is -2.32. The minimum Gasteiger partial charge on any atom is -0.355 e. The molecule has 1 rings (SSSR count). The minimum atomic E-state index is -0.904. The van der Waals surface area contributed by atoms with E-state index in [2.05, 4.69) is 16.0 Å². The first-order valence-electron chi connectivity index (χ1n) is 7.25. The lowest BCUT2D eigenvalue weighted by molar-refractivity contribution is -0.121. The van der Waals surface area contributed by atoms with E-state index in [4.69, 9.17) is 0 Å². The van der Waals surface area contributed by atoms with Crippen molar-refractivity contribution in [2.45, 2.75) is 19.8 Å². The Kier molecular flexibility index (Phi) is 10.9. The molecule has 1 aromatic carbocycles. The molecule has 0 fully saturated rings. The summed E-state index contributed by atoms with van der Waals surface area (Å²) < 4.78 is 26.1. The van der Waals surface area contributed by atoms with Gasteiger partial charge in [-0.15, -0.1) is 12.4 Å². The van der Waals surface area contributed by atoms with Crippen LogP contribution in [0, 0.1) is 11.6 Å². The molecule has 0 bridgehead atoms. The highest BCUT2D eigenvalue weighted by Crippen LogP contribution is 2.09. The van der Waals surface area contributed by atoms with Crippen molar-refractivity contribution in [3.05, 3.63) is 35.4 Å². The van der Waals surface area contributed by atoms with Gasteiger partial charge in [-0.25, -0.2) is 8.78 Å². The molecule has 1 aromatic rings. The predicted molar refractivity (Wildman–Crippen MR) is 86.7 cm³/mol. The van der Waals surface area contributed by atoms with Gasteiger partial charge in [-0.3, -0.25) is 9.59 Å². The lowest BCUT2D eigenvalue weighted by atomic mass is 10.2. The Bertz CT molecular complexity index is 515. The van der Waals surface area contributed by atoms with Crippen LogP contribution in [0.3, 0.4) is 0 Å². The summed E-state index contributed by atoms with van der Waals surface area (Å²) in [5.41, 5.74) is -0.212. The van der Waals surface area contributed by atoms with E-state index in [1.54, 1.807) is 0 Å². The molecule has 2 amide bonds. The molecule has 0 aliphatic rings. The Labute approximate surface area is 140 Å². The summed E-state index contributed by atoms with van der Waals surface area (Å²) in [6.45, 7) is 4.34. The highest BCUT2D eigenvalue weighted by atomic mass is 35.5. The van der Waals surface area contributed by atoms with Gasteiger partial charge in [0.2, 0.25) is 5.91 Å². The smallest absolute Gasteiger partial charge is 0.254 e. The minimum absolute atomic E-state index is 0. The molecule has 0 aromatic heterocycles. The Morgan fingerprint density at radius 1 is 1.09 bits per heavy atom. The summed E-state index contributed by atoms with van der Waals surface area (Å²) >= 11 is 0. The highest BCUT2D eigenvalue weighted by Gasteiger charge is 2.11. The zero-order chi connectivity index (χ0) is 16.4. The third-order valence-electron chi connectivity index (χ3n) is 2.92. The number of likely N-dealkylation sites (N-methyl/N-ethyl adjacent to an activating group) is 1. The zero-order valence-electron chi connectivity index (χ0n) is 13.0. The van der Waals surface area contributed by atoms with Crippen molar-refractivity contribution in [1.29, 1.82) is 0 Å². The molecule has 23 heavy (non-hydrogen) atoms. The number of rotatable bonds is 9. The van der Waals surface area contributed by atoms with Crippen LogP contribution >= 0.6 is 12.4 Å². The Morgan fingerprint density at radius 3 is 2.48 bits per heavy atom. The van der Waals surface area contributed by atoms with Crippen molar-refractivity contribution in [3.8, 4) is 0 Å². The number of amides is 2. The van der Waals surface area contributed by atoms with Crippen LogP contribution in [0.5, 0.6) is 0 Å². The lowest BCUT2D eigenvalue weighted by Gasteiger charge is -2.07. The number of hydrogen-bond donors (Lipinski definition) is 3. The van der Waals surface area contributed by atoms with E-state index in [1.165, 1.54) is 0 Å². The van der Waals surface area contributed by atoms with Crippen molar-refractivity contribution in [2.75, 3.05) is 26.2 Å². The summed E-state index contributed by atoms with van der Waals surface area (Å²) in [7, 11) is 0. The third-order valence-corrected chi connectivity index (χ3v) is 2.92. The molecule has 3 N–H and O–H groups in total. The summed E-state index contributed by atoms with van der Waals surface area (Å²) in [5, 5.41) is 8.31. The maximum atomic E-state index is 13.4. The molecular formula is C15H22ClF2N3O2. The molecule has 0 heterocycles. The Balaban J connectivity index is 0.00000484. The average molecular weight is 350 g/mol. The van der Waals surface area contributed by atoms with Crippen molar-refractivity contribution >= 4 is 24.2 Å². The fraction of sp³-hybridized carbons (Fsp3) is 0.467. The fourth-order valence-corrected chi connectivity index (χ4v) is 1.78. The monoisotopic (exact) mass is 349 g/mol. The molecule has 5 nitrogen and oxygen atoms in total. The van der Waals surface area contributed by atoms with Crippen LogP contribution in [0.25, 0.3) is 0 Å². The van der Waals surface area contributed by atoms with Crippen LogP contribution in [0.2, 0.25) is 0 Å². The summed E-state index contributed by atoms with van der Waals surface area (Å²) in [4.78, 5) is 23.1. The van der Waals surface area contributed by atoms with E-state index in [-0.39, 0.29) is 36.8 Å². The van der Waals surface area contributed by atoms with E-state index >= 15 is 0 Å². The van der Waals surface area contributed by atoms with Crippen molar-refractivity contribution in [1.82, 2.24) is 16.0 Å². The molecule has 0 spiro atoms. The van der Waals surface area contributed by atoms with Gasteiger partial charge in [0.25, 0.3) is 5.91 Å². The SMILES string of the molecule is CCNCCNC(=O)CCCNC(=O)c1ccc(F)cc1F.Cl. The van der Waals surface area contributed by atoms with Gasteiger partial charge in [0.05, 0.1) is 5.56 Å². The van der Waals surface area contributed by atoms with Gasteiger partial charge < -0.3 is 16.0 Å². The topological polar surface area (TPSA) is 70.2 Å². The largest absolute Gasteiger partial charge is 0.355 e. The van der Waals surface area contributed by atoms with E-state index in [9.17, 15) is 18.4 Å². The molecular weight excluding hydrogens is 328 g/mol. The van der Waals surface area contributed by atoms with Crippen molar-refractivity contribution in [3.63, 3.8) is 0 Å². The molecule has 0 saturated heterocycles. The summed E-state index contributed by atoms with van der Waals surface area (Å²) in [5.74, 6) is -2.35. The molecule has 0 radical (unpaired) electrons. The van der Waals surface area contributed by atoms with Crippen LogP contribution in [-0.2, 0) is 4.79 Å². The van der Waals surface area contributed by atoms with E-state index < -0.39 is 17.5 Å². The van der Waals surface area contributed by atoms with Crippen molar-refractivity contribution in [2.24, 2.45) is 0 Å². The molecule has 0 unspecified atom stereocenters. The molecule has 0 saturated carbocycles. The predicted octanol–water partition coefficient (Wildman–Crippen LogP) is 1.62. The quantitative estimate of drug-likeness (QED) is 0.593. The summed E-state index contributed by atoms with van der Waals surface area (Å²) in [6, 6.07) is 2.77. The number of hydrogen-bond acceptors (Lipinski definition) is 3. The van der Waals surface area contributed by atoms with E-state index in [0.717, 1.165) is 18.7 Å². The number of carbonyl (C=O) groups excluding carboxylic acids is 2. The van der Waals surface area contributed by atoms with E-state index in [1.807, 2.05) is 6.92 Å². The van der Waals surface area contributed by atoms with Gasteiger partial charge in [-0.1, -0.05) is 6.92 Å². The fourth-order valence-electron chi connectivity index (χ4n) is 1.78. The summed E-state index contributed by atoms with van der Waals surface area (Å²) in [6.07, 6.45) is 0.722. The number of benzene rings is 1. The Morgan fingerprint density at radius 2 is 1.83 bits per heavy atom. The number of carbonyl (C=O) groups is 2. The highest BCUT2D eigenvalue weighted by molar-refractivity contribution is 5.94. The van der Waals surface area contributed by atoms with Gasteiger partial charge in [-0.05, 0) is 25.1 Å². The van der Waals surface area contributed by atoms with Crippen LogP contribution in [0.15, 0.2) is 18.2 Å². The zero-order valence-corrected chi connectivity index (χ0v) is 13.8. The van der Waals surface area contributed by atoms with Gasteiger partial charge in [0, 0.05) is 32.1 Å². The van der Waals surface area contributed by atoms with Gasteiger partial charge >= 0.3 is 0 Å². The second-order valence-corrected chi connectivity index (χ2v) is 4.69. The number of halogens is 3. The molecule has 8 heteroatoms. The van der Waals surface area contributed by atoms with Crippen LogP contribution in [0.1, 0.15) is 30.1 Å². The first-order valence-corrected chi connectivity index (χ1v) is 7.25. The first kappa shape index (κ1) is 21.3. The third kappa shape index (κ3) is 8.47. The van der Waals surface area contributed by atoms with Gasteiger partial charge in [0.15, 0.2) is 0 Å². The van der Waals surface area contributed by atoms with Gasteiger partial charge in [-0.2, -0.15) is 0 Å². The second-order valence-electron chi connectivity index (χ2n) is 4.69. The maximum Gasteiger partial charge on any atom is 0.254 e. The normalized spacial score (nSPS) is 9.87. The van der Waals surface area contributed by atoms with Crippen LogP contribution in [-0.4, -0.2) is 38.0 Å². The standard InChI is InChI=1S/C15H21F2N3O2.ClH/c1-2-18-8-9-19-14(21)4-3-7-20-15(22)12-6-5-11(16)10-13(12)17;/h5-6,10,18H,2-4,7-9H2,1H3,(H,19,21)(H,20,22);1H. The molecule has 0 aliphatic heterocycles.